The highest BCUT2D eigenvalue weighted by molar-refractivity contribution is 5.79. The molecule has 1 aromatic heterocycles. The largest absolute Gasteiger partial charge is 0.387 e. The summed E-state index contributed by atoms with van der Waals surface area (Å²) in [6.45, 7) is 0. The van der Waals surface area contributed by atoms with Crippen LogP contribution in [0.4, 0.5) is 0 Å². The fourth-order valence-corrected chi connectivity index (χ4v) is 0.688. The Kier molecular flexibility index (Phi) is 1.53. The molecule has 3 heteroatoms. The van der Waals surface area contributed by atoms with Crippen molar-refractivity contribution in [3.05, 3.63) is 24.0 Å². The zero-order valence-electron chi connectivity index (χ0n) is 5.02. The second-order valence-electron chi connectivity index (χ2n) is 1.92. The first kappa shape index (κ1) is 5.88. The first-order valence-corrected chi connectivity index (χ1v) is 2.73. The van der Waals surface area contributed by atoms with Crippen molar-refractivity contribution in [3.63, 3.8) is 0 Å². The number of H-pyrrole nitrogens is 1. The molecule has 1 heterocycles. The maximum atomic E-state index is 6.93. The molecule has 3 nitrogen and oxygen atoms in total. The van der Waals surface area contributed by atoms with E-state index < -0.39 is 0 Å². The van der Waals surface area contributed by atoms with Crippen LogP contribution in [-0.4, -0.2) is 10.8 Å². The van der Waals surface area contributed by atoms with Crippen LogP contribution in [0.5, 0.6) is 0 Å². The number of aromatic amines is 1. The van der Waals surface area contributed by atoms with Gasteiger partial charge in [0, 0.05) is 18.8 Å². The molecule has 0 aromatic carbocycles. The van der Waals surface area contributed by atoms with E-state index in [0.29, 0.717) is 6.42 Å². The maximum Gasteiger partial charge on any atom is 0.0950 e. The summed E-state index contributed by atoms with van der Waals surface area (Å²) in [6, 6.07) is 1.90. The predicted octanol–water partition coefficient (Wildman–Crippen LogP) is 0.493. The molecule has 0 saturated carbocycles. The van der Waals surface area contributed by atoms with Crippen LogP contribution >= 0.6 is 0 Å². The maximum absolute atomic E-state index is 6.93. The smallest absolute Gasteiger partial charge is 0.0950 e. The number of hydrogen-bond acceptors (Lipinski definition) is 1. The monoisotopic (exact) mass is 123 g/mol. The highest BCUT2D eigenvalue weighted by Gasteiger charge is 1.92. The molecule has 48 valence electrons. The second kappa shape index (κ2) is 2.35. The van der Waals surface area contributed by atoms with E-state index in [2.05, 4.69) is 4.98 Å². The van der Waals surface area contributed by atoms with Crippen molar-refractivity contribution >= 4 is 5.84 Å². The fraction of sp³-hybridized carbons (Fsp3) is 0.167. The van der Waals surface area contributed by atoms with Gasteiger partial charge in [0.2, 0.25) is 0 Å². The molecule has 4 N–H and O–H groups in total. The Balaban J connectivity index is 2.58. The second-order valence-corrected chi connectivity index (χ2v) is 1.92. The third kappa shape index (κ3) is 1.60. The molecule has 0 amide bonds. The van der Waals surface area contributed by atoms with Crippen LogP contribution in [0.3, 0.4) is 0 Å². The highest BCUT2D eigenvalue weighted by atomic mass is 14.7. The van der Waals surface area contributed by atoms with Gasteiger partial charge in [0.25, 0.3) is 0 Å². The Morgan fingerprint density at radius 3 is 3.00 bits per heavy atom. The normalized spacial score (nSPS) is 9.33. The van der Waals surface area contributed by atoms with Crippen molar-refractivity contribution in [1.29, 1.82) is 5.41 Å². The number of nitrogens with two attached hydrogens (primary N) is 1. The topological polar surface area (TPSA) is 65.7 Å². The SMILES string of the molecule is N=C(N)Cc1cc[nH]c1. The van der Waals surface area contributed by atoms with Gasteiger partial charge in [-0.3, -0.25) is 5.41 Å². The lowest BCUT2D eigenvalue weighted by atomic mass is 10.2. The minimum absolute atomic E-state index is 0.203. The molecular weight excluding hydrogens is 114 g/mol. The summed E-state index contributed by atoms with van der Waals surface area (Å²) in [6.07, 6.45) is 4.20. The van der Waals surface area contributed by atoms with Crippen LogP contribution in [0.2, 0.25) is 0 Å². The van der Waals surface area contributed by atoms with E-state index >= 15 is 0 Å². The lowest BCUT2D eigenvalue weighted by Gasteiger charge is -1.90. The Bertz CT molecular complexity index is 188. The van der Waals surface area contributed by atoms with Gasteiger partial charge in [0.15, 0.2) is 0 Å². The average Bonchev–Trinajstić information content (AvgIpc) is 2.15. The van der Waals surface area contributed by atoms with Crippen molar-refractivity contribution in [1.82, 2.24) is 4.98 Å². The molecule has 0 atom stereocenters. The van der Waals surface area contributed by atoms with Crippen molar-refractivity contribution in [2.24, 2.45) is 5.73 Å². The molecule has 9 heavy (non-hydrogen) atoms. The molecule has 1 rings (SSSR count). The van der Waals surface area contributed by atoms with E-state index in [4.69, 9.17) is 11.1 Å². The van der Waals surface area contributed by atoms with Gasteiger partial charge in [-0.1, -0.05) is 0 Å². The molecule has 0 unspecified atom stereocenters. The van der Waals surface area contributed by atoms with Crippen molar-refractivity contribution in [2.45, 2.75) is 6.42 Å². The average molecular weight is 123 g/mol. The Morgan fingerprint density at radius 2 is 2.56 bits per heavy atom. The molecule has 0 aliphatic rings. The summed E-state index contributed by atoms with van der Waals surface area (Å²) in [4.78, 5) is 2.88. The van der Waals surface area contributed by atoms with Gasteiger partial charge in [-0.25, -0.2) is 0 Å². The molecule has 0 bridgehead atoms. The van der Waals surface area contributed by atoms with Crippen molar-refractivity contribution in [2.75, 3.05) is 0 Å². The third-order valence-electron chi connectivity index (χ3n) is 1.06. The van der Waals surface area contributed by atoms with Crippen molar-refractivity contribution in [3.8, 4) is 0 Å². The summed E-state index contributed by atoms with van der Waals surface area (Å²) in [7, 11) is 0. The first-order chi connectivity index (χ1) is 4.29. The van der Waals surface area contributed by atoms with E-state index in [9.17, 15) is 0 Å². The van der Waals surface area contributed by atoms with Gasteiger partial charge < -0.3 is 10.7 Å². The summed E-state index contributed by atoms with van der Waals surface area (Å²) < 4.78 is 0. The summed E-state index contributed by atoms with van der Waals surface area (Å²) in [5, 5.41) is 6.93. The van der Waals surface area contributed by atoms with E-state index in [-0.39, 0.29) is 5.84 Å². The predicted molar refractivity (Wildman–Crippen MR) is 36.4 cm³/mol. The molecule has 0 aliphatic carbocycles. The van der Waals surface area contributed by atoms with E-state index in [1.165, 1.54) is 0 Å². The zero-order valence-corrected chi connectivity index (χ0v) is 5.02. The lowest BCUT2D eigenvalue weighted by molar-refractivity contribution is 1.25. The molecular formula is C6H9N3. The molecule has 0 saturated heterocycles. The minimum atomic E-state index is 0.203. The van der Waals surface area contributed by atoms with Gasteiger partial charge in [0.1, 0.15) is 0 Å². The van der Waals surface area contributed by atoms with Crippen LogP contribution in [0, 0.1) is 5.41 Å². The Labute approximate surface area is 53.4 Å². The minimum Gasteiger partial charge on any atom is -0.387 e. The Hall–Kier alpha value is -1.25. The molecule has 0 aliphatic heterocycles. The molecule has 0 spiro atoms. The van der Waals surface area contributed by atoms with Crippen LogP contribution in [0.25, 0.3) is 0 Å². The third-order valence-corrected chi connectivity index (χ3v) is 1.06. The van der Waals surface area contributed by atoms with Crippen LogP contribution in [0.15, 0.2) is 18.5 Å². The number of nitrogens with one attached hydrogen (secondary N) is 2. The van der Waals surface area contributed by atoms with Crippen LogP contribution < -0.4 is 5.73 Å². The van der Waals surface area contributed by atoms with Crippen LogP contribution in [-0.2, 0) is 6.42 Å². The molecule has 1 aromatic rings. The number of rotatable bonds is 2. The van der Waals surface area contributed by atoms with Gasteiger partial charge in [0.05, 0.1) is 5.84 Å². The zero-order chi connectivity index (χ0) is 6.69. The fourth-order valence-electron chi connectivity index (χ4n) is 0.688. The standard InChI is InChI=1S/C6H9N3/c7-6(8)3-5-1-2-9-4-5/h1-2,4,9H,3H2,(H3,7,8). The molecule has 0 fully saturated rings. The van der Waals surface area contributed by atoms with Crippen molar-refractivity contribution < 1.29 is 0 Å². The number of aromatic nitrogens is 1. The van der Waals surface area contributed by atoms with E-state index in [0.717, 1.165) is 5.56 Å². The lowest BCUT2D eigenvalue weighted by Crippen LogP contribution is -2.11. The van der Waals surface area contributed by atoms with Gasteiger partial charge in [-0.15, -0.1) is 0 Å². The summed E-state index contributed by atoms with van der Waals surface area (Å²) in [5.74, 6) is 0.203. The van der Waals surface area contributed by atoms with Crippen LogP contribution in [0.1, 0.15) is 5.56 Å². The van der Waals surface area contributed by atoms with E-state index in [1.807, 2.05) is 18.5 Å². The highest BCUT2D eigenvalue weighted by Crippen LogP contribution is 1.95. The summed E-state index contributed by atoms with van der Waals surface area (Å²) in [5.41, 5.74) is 6.21. The quantitative estimate of drug-likeness (QED) is 0.389. The van der Waals surface area contributed by atoms with E-state index in [1.54, 1.807) is 0 Å². The van der Waals surface area contributed by atoms with Gasteiger partial charge in [-0.2, -0.15) is 0 Å². The Morgan fingerprint density at radius 1 is 1.78 bits per heavy atom. The summed E-state index contributed by atoms with van der Waals surface area (Å²) >= 11 is 0. The van der Waals surface area contributed by atoms with Gasteiger partial charge >= 0.3 is 0 Å². The van der Waals surface area contributed by atoms with Gasteiger partial charge in [-0.05, 0) is 11.6 Å². The molecule has 0 radical (unpaired) electrons. The first-order valence-electron chi connectivity index (χ1n) is 2.73. The number of amidine groups is 1. The number of hydrogen-bond donors (Lipinski definition) is 3.